The second kappa shape index (κ2) is 6.16. The molecule has 1 saturated heterocycles. The normalized spacial score (nSPS) is 15.2. The molecule has 1 amide bonds. The van der Waals surface area contributed by atoms with Crippen molar-refractivity contribution in [1.29, 1.82) is 0 Å². The van der Waals surface area contributed by atoms with Crippen LogP contribution in [0.3, 0.4) is 0 Å². The number of piperazine rings is 1. The minimum Gasteiger partial charge on any atom is -0.368 e. The van der Waals surface area contributed by atoms with Gasteiger partial charge in [0, 0.05) is 36.7 Å². The average molecular weight is 342 g/mol. The molecular formula is C17H18N4O2S. The van der Waals surface area contributed by atoms with E-state index in [1.807, 2.05) is 40.6 Å². The molecule has 3 heterocycles. The molecule has 124 valence electrons. The highest BCUT2D eigenvalue weighted by Crippen LogP contribution is 2.21. The molecule has 7 heteroatoms. The first-order valence-electron chi connectivity index (χ1n) is 7.96. The molecule has 1 fully saturated rings. The van der Waals surface area contributed by atoms with Crippen LogP contribution in [0.25, 0.3) is 11.0 Å². The van der Waals surface area contributed by atoms with Gasteiger partial charge in [-0.1, -0.05) is 6.07 Å². The quantitative estimate of drug-likeness (QED) is 0.762. The van der Waals surface area contributed by atoms with Crippen molar-refractivity contribution in [1.82, 2.24) is 14.9 Å². The number of rotatable bonds is 3. The Kier molecular flexibility index (Phi) is 3.86. The molecule has 0 atom stereocenters. The Hall–Kier alpha value is -2.54. The first-order valence-corrected chi connectivity index (χ1v) is 8.84. The molecule has 0 unspecified atom stereocenters. The summed E-state index contributed by atoms with van der Waals surface area (Å²) < 4.78 is 0. The van der Waals surface area contributed by atoms with Gasteiger partial charge in [-0.25, -0.2) is 4.79 Å². The number of carbonyl (C=O) groups excluding carboxylic acids is 1. The zero-order chi connectivity index (χ0) is 16.5. The van der Waals surface area contributed by atoms with Crippen molar-refractivity contribution in [3.8, 4) is 0 Å². The second-order valence-corrected chi connectivity index (χ2v) is 6.97. The van der Waals surface area contributed by atoms with Crippen LogP contribution in [-0.2, 0) is 11.2 Å². The van der Waals surface area contributed by atoms with Crippen molar-refractivity contribution in [3.63, 3.8) is 0 Å². The molecule has 6 nitrogen and oxygen atoms in total. The van der Waals surface area contributed by atoms with Gasteiger partial charge in [0.25, 0.3) is 0 Å². The summed E-state index contributed by atoms with van der Waals surface area (Å²) in [5.74, 6) is 0.197. The van der Waals surface area contributed by atoms with Gasteiger partial charge < -0.3 is 19.8 Å². The number of anilines is 1. The predicted molar refractivity (Wildman–Crippen MR) is 95.7 cm³/mol. The molecule has 1 aliphatic rings. The number of benzene rings is 1. The molecule has 0 aliphatic carbocycles. The molecular weight excluding hydrogens is 324 g/mol. The van der Waals surface area contributed by atoms with Gasteiger partial charge in [0.05, 0.1) is 17.5 Å². The van der Waals surface area contributed by atoms with E-state index >= 15 is 0 Å². The van der Waals surface area contributed by atoms with Crippen LogP contribution in [0.5, 0.6) is 0 Å². The summed E-state index contributed by atoms with van der Waals surface area (Å²) in [6, 6.07) is 9.89. The van der Waals surface area contributed by atoms with Crippen LogP contribution in [0.4, 0.5) is 5.69 Å². The van der Waals surface area contributed by atoms with Crippen LogP contribution in [0.15, 0.2) is 40.5 Å². The van der Waals surface area contributed by atoms with E-state index in [-0.39, 0.29) is 11.6 Å². The summed E-state index contributed by atoms with van der Waals surface area (Å²) in [6.07, 6.45) is 0.494. The first-order chi connectivity index (χ1) is 11.7. The van der Waals surface area contributed by atoms with E-state index in [4.69, 9.17) is 0 Å². The number of hydrogen-bond acceptors (Lipinski definition) is 4. The number of imidazole rings is 1. The van der Waals surface area contributed by atoms with Gasteiger partial charge in [0.15, 0.2) is 0 Å². The third-order valence-electron chi connectivity index (χ3n) is 4.40. The second-order valence-electron chi connectivity index (χ2n) is 5.93. The van der Waals surface area contributed by atoms with Gasteiger partial charge >= 0.3 is 5.69 Å². The lowest BCUT2D eigenvalue weighted by Crippen LogP contribution is -2.49. The SMILES string of the molecule is O=C(Cc1cccs1)N1CCN(c2ccc3[nH]c(=O)[nH]c3c2)CC1. The maximum atomic E-state index is 12.4. The first kappa shape index (κ1) is 15.0. The molecule has 0 spiro atoms. The standard InChI is InChI=1S/C17H18N4O2S/c22-16(11-13-2-1-9-24-13)21-7-5-20(6-8-21)12-3-4-14-15(10-12)19-17(23)18-14/h1-4,9-10H,5-8,11H2,(H2,18,19,23). The van der Waals surface area contributed by atoms with Gasteiger partial charge in [-0.2, -0.15) is 0 Å². The highest BCUT2D eigenvalue weighted by molar-refractivity contribution is 7.10. The lowest BCUT2D eigenvalue weighted by molar-refractivity contribution is -0.130. The fourth-order valence-electron chi connectivity index (χ4n) is 3.11. The van der Waals surface area contributed by atoms with Gasteiger partial charge in [-0.3, -0.25) is 4.79 Å². The van der Waals surface area contributed by atoms with Crippen LogP contribution >= 0.6 is 11.3 Å². The number of carbonyl (C=O) groups is 1. The Morgan fingerprint density at radius 3 is 2.62 bits per heavy atom. The van der Waals surface area contributed by atoms with E-state index in [0.717, 1.165) is 47.8 Å². The van der Waals surface area contributed by atoms with Crippen LogP contribution in [0.2, 0.25) is 0 Å². The molecule has 1 aliphatic heterocycles. The van der Waals surface area contributed by atoms with E-state index in [1.165, 1.54) is 0 Å². The number of H-pyrrole nitrogens is 2. The van der Waals surface area contributed by atoms with Crippen molar-refractivity contribution >= 4 is 34.0 Å². The molecule has 0 bridgehead atoms. The number of thiophene rings is 1. The van der Waals surface area contributed by atoms with Crippen molar-refractivity contribution in [2.45, 2.75) is 6.42 Å². The lowest BCUT2D eigenvalue weighted by Gasteiger charge is -2.36. The molecule has 1 aromatic carbocycles. The van der Waals surface area contributed by atoms with Gasteiger partial charge in [-0.15, -0.1) is 11.3 Å². The van der Waals surface area contributed by atoms with Crippen LogP contribution in [0.1, 0.15) is 4.88 Å². The maximum Gasteiger partial charge on any atom is 0.323 e. The van der Waals surface area contributed by atoms with E-state index in [0.29, 0.717) is 6.42 Å². The summed E-state index contributed by atoms with van der Waals surface area (Å²) in [7, 11) is 0. The fourth-order valence-corrected chi connectivity index (χ4v) is 3.80. The Labute approximate surface area is 142 Å². The molecule has 2 N–H and O–H groups in total. The number of fused-ring (bicyclic) bond motifs is 1. The van der Waals surface area contributed by atoms with Crippen molar-refractivity contribution in [2.24, 2.45) is 0 Å². The molecule has 4 rings (SSSR count). The maximum absolute atomic E-state index is 12.4. The predicted octanol–water partition coefficient (Wildman–Crippen LogP) is 1.81. The minimum atomic E-state index is -0.189. The number of amides is 1. The zero-order valence-electron chi connectivity index (χ0n) is 13.1. The summed E-state index contributed by atoms with van der Waals surface area (Å²) >= 11 is 1.63. The number of aromatic nitrogens is 2. The van der Waals surface area contributed by atoms with Crippen LogP contribution in [0, 0.1) is 0 Å². The summed E-state index contributed by atoms with van der Waals surface area (Å²) in [5.41, 5.74) is 2.51. The number of nitrogens with one attached hydrogen (secondary N) is 2. The summed E-state index contributed by atoms with van der Waals surface area (Å²) in [4.78, 5) is 34.6. The number of aromatic amines is 2. The van der Waals surface area contributed by atoms with Crippen LogP contribution < -0.4 is 10.6 Å². The monoisotopic (exact) mass is 342 g/mol. The Bertz CT molecular complexity index is 904. The van der Waals surface area contributed by atoms with Crippen molar-refractivity contribution in [3.05, 3.63) is 51.1 Å². The van der Waals surface area contributed by atoms with Crippen molar-refractivity contribution < 1.29 is 4.79 Å². The Morgan fingerprint density at radius 1 is 1.08 bits per heavy atom. The van der Waals surface area contributed by atoms with E-state index < -0.39 is 0 Å². The highest BCUT2D eigenvalue weighted by Gasteiger charge is 2.21. The van der Waals surface area contributed by atoms with E-state index in [2.05, 4.69) is 14.9 Å². The largest absolute Gasteiger partial charge is 0.368 e. The smallest absolute Gasteiger partial charge is 0.323 e. The average Bonchev–Trinajstić information content (AvgIpc) is 3.22. The van der Waals surface area contributed by atoms with Crippen LogP contribution in [-0.4, -0.2) is 47.0 Å². The van der Waals surface area contributed by atoms with Crippen molar-refractivity contribution in [2.75, 3.05) is 31.1 Å². The topological polar surface area (TPSA) is 72.2 Å². The minimum absolute atomic E-state index is 0.189. The molecule has 0 saturated carbocycles. The van der Waals surface area contributed by atoms with Gasteiger partial charge in [-0.05, 0) is 29.6 Å². The van der Waals surface area contributed by atoms with Gasteiger partial charge in [0.1, 0.15) is 0 Å². The lowest BCUT2D eigenvalue weighted by atomic mass is 10.2. The fraction of sp³-hybridized carbons (Fsp3) is 0.294. The highest BCUT2D eigenvalue weighted by atomic mass is 32.1. The van der Waals surface area contributed by atoms with E-state index in [9.17, 15) is 9.59 Å². The summed E-state index contributed by atoms with van der Waals surface area (Å²) in [5, 5.41) is 2.00. The molecule has 24 heavy (non-hydrogen) atoms. The molecule has 3 aromatic rings. The third kappa shape index (κ3) is 2.94. The molecule has 0 radical (unpaired) electrons. The third-order valence-corrected chi connectivity index (χ3v) is 5.28. The number of hydrogen-bond donors (Lipinski definition) is 2. The van der Waals surface area contributed by atoms with E-state index in [1.54, 1.807) is 11.3 Å². The zero-order valence-corrected chi connectivity index (χ0v) is 13.9. The van der Waals surface area contributed by atoms with Gasteiger partial charge in [0.2, 0.25) is 5.91 Å². The Morgan fingerprint density at radius 2 is 1.88 bits per heavy atom. The molecule has 2 aromatic heterocycles. The number of nitrogens with zero attached hydrogens (tertiary/aromatic N) is 2. The Balaban J connectivity index is 1.41. The summed E-state index contributed by atoms with van der Waals surface area (Å²) in [6.45, 7) is 3.06.